The zero-order valence-electron chi connectivity index (χ0n) is 14.4. The molecule has 1 heterocycles. The van der Waals surface area contributed by atoms with Crippen LogP contribution in [0.4, 0.5) is 0 Å². The number of carbonyl (C=O) groups excluding carboxylic acids is 1. The summed E-state index contributed by atoms with van der Waals surface area (Å²) in [4.78, 5) is 12.8. The molecule has 0 amide bonds. The van der Waals surface area contributed by atoms with Gasteiger partial charge < -0.3 is 9.84 Å². The lowest BCUT2D eigenvalue weighted by Gasteiger charge is -2.19. The van der Waals surface area contributed by atoms with Gasteiger partial charge >= 0.3 is 0 Å². The van der Waals surface area contributed by atoms with Crippen molar-refractivity contribution in [1.82, 2.24) is 0 Å². The Kier molecular flexibility index (Phi) is 7.65. The van der Waals surface area contributed by atoms with Gasteiger partial charge in [0.1, 0.15) is 5.25 Å². The standard InChI is InChI=1S/C19H26O5S/c20-14-6-4-11-18(21)19(13-12-16-8-5-7-15-24-16)25(22,23)17-9-2-1-3-10-17/h1-3,8-10,19-20H,4-7,11-15H2. The van der Waals surface area contributed by atoms with E-state index in [1.54, 1.807) is 18.2 Å². The summed E-state index contributed by atoms with van der Waals surface area (Å²) in [6.45, 7) is 0.649. The van der Waals surface area contributed by atoms with Crippen molar-refractivity contribution in [2.75, 3.05) is 13.2 Å². The second-order valence-electron chi connectivity index (χ2n) is 6.19. The molecule has 1 aliphatic heterocycles. The second-order valence-corrected chi connectivity index (χ2v) is 8.32. The topological polar surface area (TPSA) is 80.7 Å². The van der Waals surface area contributed by atoms with Gasteiger partial charge in [0.25, 0.3) is 0 Å². The molecule has 0 spiro atoms. The van der Waals surface area contributed by atoms with Gasteiger partial charge in [-0.1, -0.05) is 18.2 Å². The van der Waals surface area contributed by atoms with Crippen LogP contribution in [0, 0.1) is 0 Å². The Hall–Kier alpha value is -1.66. The first kappa shape index (κ1) is 19.7. The smallest absolute Gasteiger partial charge is 0.188 e. The molecule has 0 radical (unpaired) electrons. The van der Waals surface area contributed by atoms with E-state index in [1.807, 2.05) is 6.08 Å². The first-order valence-electron chi connectivity index (χ1n) is 8.80. The average Bonchev–Trinajstić information content (AvgIpc) is 2.63. The van der Waals surface area contributed by atoms with Gasteiger partial charge in [0, 0.05) is 19.4 Å². The van der Waals surface area contributed by atoms with Crippen LogP contribution in [0.15, 0.2) is 47.1 Å². The molecule has 0 aliphatic carbocycles. The van der Waals surface area contributed by atoms with Crippen LogP contribution < -0.4 is 0 Å². The van der Waals surface area contributed by atoms with Crippen LogP contribution in [0.5, 0.6) is 0 Å². The molecule has 1 aromatic rings. The van der Waals surface area contributed by atoms with Crippen molar-refractivity contribution < 1.29 is 23.1 Å². The molecule has 1 atom stereocenters. The van der Waals surface area contributed by atoms with E-state index in [-0.39, 0.29) is 30.1 Å². The summed E-state index contributed by atoms with van der Waals surface area (Å²) < 4.78 is 31.4. The summed E-state index contributed by atoms with van der Waals surface area (Å²) in [6.07, 6.45) is 5.70. The van der Waals surface area contributed by atoms with E-state index in [0.717, 1.165) is 18.6 Å². The van der Waals surface area contributed by atoms with Crippen molar-refractivity contribution in [3.63, 3.8) is 0 Å². The fourth-order valence-corrected chi connectivity index (χ4v) is 4.65. The van der Waals surface area contributed by atoms with Crippen LogP contribution in [0.25, 0.3) is 0 Å². The zero-order valence-corrected chi connectivity index (χ0v) is 15.2. The van der Waals surface area contributed by atoms with Gasteiger partial charge in [-0.25, -0.2) is 8.42 Å². The van der Waals surface area contributed by atoms with Crippen LogP contribution in [-0.4, -0.2) is 37.8 Å². The zero-order chi connectivity index (χ0) is 18.1. The molecule has 1 unspecified atom stereocenters. The fourth-order valence-electron chi connectivity index (χ4n) is 2.89. The van der Waals surface area contributed by atoms with Crippen LogP contribution in [0.1, 0.15) is 44.9 Å². The Morgan fingerprint density at radius 2 is 1.96 bits per heavy atom. The van der Waals surface area contributed by atoms with Gasteiger partial charge in [-0.15, -0.1) is 0 Å². The molecule has 0 aromatic heterocycles. The number of rotatable bonds is 10. The SMILES string of the molecule is O=C(CCCCO)C(CCC1=CCCCO1)S(=O)(=O)c1ccccc1. The number of ether oxygens (including phenoxy) is 1. The van der Waals surface area contributed by atoms with E-state index >= 15 is 0 Å². The van der Waals surface area contributed by atoms with E-state index in [2.05, 4.69) is 0 Å². The van der Waals surface area contributed by atoms with Crippen molar-refractivity contribution in [3.8, 4) is 0 Å². The van der Waals surface area contributed by atoms with Gasteiger partial charge in [0.2, 0.25) is 0 Å². The molecule has 0 fully saturated rings. The molecule has 2 rings (SSSR count). The van der Waals surface area contributed by atoms with Crippen LogP contribution in [-0.2, 0) is 19.4 Å². The van der Waals surface area contributed by atoms with Gasteiger partial charge in [-0.3, -0.25) is 4.79 Å². The number of aliphatic hydroxyl groups excluding tert-OH is 1. The fraction of sp³-hybridized carbons (Fsp3) is 0.526. The van der Waals surface area contributed by atoms with Gasteiger partial charge in [-0.2, -0.15) is 0 Å². The molecule has 6 heteroatoms. The first-order valence-corrected chi connectivity index (χ1v) is 10.3. The van der Waals surface area contributed by atoms with Gasteiger partial charge in [-0.05, 0) is 50.3 Å². The van der Waals surface area contributed by atoms with Crippen LogP contribution in [0.2, 0.25) is 0 Å². The maximum absolute atomic E-state index is 12.9. The molecule has 138 valence electrons. The highest BCUT2D eigenvalue weighted by molar-refractivity contribution is 7.92. The summed E-state index contributed by atoms with van der Waals surface area (Å²) in [5.74, 6) is 0.497. The number of sulfone groups is 1. The quantitative estimate of drug-likeness (QED) is 0.644. The summed E-state index contributed by atoms with van der Waals surface area (Å²) in [5.41, 5.74) is 0. The lowest BCUT2D eigenvalue weighted by molar-refractivity contribution is -0.118. The maximum atomic E-state index is 12.9. The van der Waals surface area contributed by atoms with E-state index in [4.69, 9.17) is 9.84 Å². The minimum atomic E-state index is -3.73. The van der Waals surface area contributed by atoms with Crippen LogP contribution >= 0.6 is 0 Å². The Balaban J connectivity index is 2.15. The van der Waals surface area contributed by atoms with Crippen molar-refractivity contribution in [1.29, 1.82) is 0 Å². The lowest BCUT2D eigenvalue weighted by Crippen LogP contribution is -2.31. The second kappa shape index (κ2) is 9.73. The number of unbranched alkanes of at least 4 members (excludes halogenated alkanes) is 1. The number of benzene rings is 1. The Bertz CT molecular complexity index is 679. The third-order valence-electron chi connectivity index (χ3n) is 4.30. The van der Waals surface area contributed by atoms with E-state index in [0.29, 0.717) is 25.9 Å². The Morgan fingerprint density at radius 1 is 1.20 bits per heavy atom. The predicted octanol–water partition coefficient (Wildman–Crippen LogP) is 3.04. The van der Waals surface area contributed by atoms with E-state index in [9.17, 15) is 13.2 Å². The van der Waals surface area contributed by atoms with Crippen molar-refractivity contribution in [2.45, 2.75) is 55.1 Å². The Morgan fingerprint density at radius 3 is 2.60 bits per heavy atom. The maximum Gasteiger partial charge on any atom is 0.188 e. The molecule has 1 aliphatic rings. The molecule has 0 saturated heterocycles. The molecule has 25 heavy (non-hydrogen) atoms. The number of Topliss-reactive ketones (excluding diaryl/α,β-unsaturated/α-hetero) is 1. The minimum absolute atomic E-state index is 0.00408. The first-order chi connectivity index (χ1) is 12.1. The van der Waals surface area contributed by atoms with Crippen molar-refractivity contribution in [2.24, 2.45) is 0 Å². The normalized spacial score (nSPS) is 16.0. The highest BCUT2D eigenvalue weighted by atomic mass is 32.2. The molecule has 1 aromatic carbocycles. The Labute approximate surface area is 149 Å². The van der Waals surface area contributed by atoms with Gasteiger partial charge in [0.05, 0.1) is 17.3 Å². The summed E-state index contributed by atoms with van der Waals surface area (Å²) in [6, 6.07) is 8.12. The number of hydrogen-bond donors (Lipinski definition) is 1. The molecule has 0 saturated carbocycles. The number of ketones is 1. The highest BCUT2D eigenvalue weighted by Crippen LogP contribution is 2.25. The highest BCUT2D eigenvalue weighted by Gasteiger charge is 2.33. The summed E-state index contributed by atoms with van der Waals surface area (Å²) in [7, 11) is -3.73. The minimum Gasteiger partial charge on any atom is -0.498 e. The monoisotopic (exact) mass is 366 g/mol. The molecule has 5 nitrogen and oxygen atoms in total. The number of allylic oxidation sites excluding steroid dienone is 2. The largest absolute Gasteiger partial charge is 0.498 e. The number of hydrogen-bond acceptors (Lipinski definition) is 5. The number of aliphatic hydroxyl groups is 1. The number of carbonyl (C=O) groups is 1. The summed E-state index contributed by atoms with van der Waals surface area (Å²) >= 11 is 0. The van der Waals surface area contributed by atoms with E-state index in [1.165, 1.54) is 12.1 Å². The molecule has 1 N–H and O–H groups in total. The molecular weight excluding hydrogens is 340 g/mol. The van der Waals surface area contributed by atoms with Crippen molar-refractivity contribution >= 4 is 15.6 Å². The van der Waals surface area contributed by atoms with Crippen molar-refractivity contribution in [3.05, 3.63) is 42.2 Å². The lowest BCUT2D eigenvalue weighted by atomic mass is 10.1. The average molecular weight is 366 g/mol. The van der Waals surface area contributed by atoms with Crippen LogP contribution in [0.3, 0.4) is 0 Å². The van der Waals surface area contributed by atoms with Gasteiger partial charge in [0.15, 0.2) is 15.6 Å². The molecular formula is C19H26O5S. The third kappa shape index (κ3) is 5.68. The molecule has 0 bridgehead atoms. The van der Waals surface area contributed by atoms with E-state index < -0.39 is 15.1 Å². The summed E-state index contributed by atoms with van der Waals surface area (Å²) in [5, 5.41) is 7.81. The predicted molar refractivity (Wildman–Crippen MR) is 95.9 cm³/mol. The third-order valence-corrected chi connectivity index (χ3v) is 6.47.